The lowest BCUT2D eigenvalue weighted by atomic mass is 10.1. The minimum atomic E-state index is -0.740. The van der Waals surface area contributed by atoms with E-state index in [1.54, 1.807) is 6.92 Å². The lowest BCUT2D eigenvalue weighted by Crippen LogP contribution is -2.28. The average molecular weight is 393 g/mol. The zero-order chi connectivity index (χ0) is 19.6. The molecule has 0 aliphatic carbocycles. The van der Waals surface area contributed by atoms with Gasteiger partial charge < -0.3 is 9.73 Å². The summed E-state index contributed by atoms with van der Waals surface area (Å²) in [4.78, 5) is 26.4. The van der Waals surface area contributed by atoms with Crippen molar-refractivity contribution in [2.45, 2.75) is 18.2 Å². The predicted molar refractivity (Wildman–Crippen MR) is 94.3 cm³/mol. The first-order chi connectivity index (χ1) is 12.8. The molecule has 1 atom stereocenters. The number of thioether (sulfide) groups is 1. The predicted octanol–water partition coefficient (Wildman–Crippen LogP) is 3.98. The number of carbonyl (C=O) groups is 1. The molecule has 1 amide bonds. The maximum Gasteiger partial charge on any atom is 0.271 e. The molecule has 0 radical (unpaired) electrons. The van der Waals surface area contributed by atoms with Crippen LogP contribution in [0.1, 0.15) is 18.5 Å². The van der Waals surface area contributed by atoms with Gasteiger partial charge in [0.2, 0.25) is 5.91 Å². The number of nitrogens with zero attached hydrogens (tertiary/aromatic N) is 2. The van der Waals surface area contributed by atoms with Crippen LogP contribution >= 0.6 is 11.8 Å². The Hall–Kier alpha value is -3.01. The molecule has 3 aromatic rings. The van der Waals surface area contributed by atoms with Gasteiger partial charge in [0.05, 0.1) is 16.7 Å². The molecule has 1 heterocycles. The van der Waals surface area contributed by atoms with Gasteiger partial charge in [0, 0.05) is 23.8 Å². The van der Waals surface area contributed by atoms with Gasteiger partial charge in [0.1, 0.15) is 17.2 Å². The molecule has 0 spiro atoms. The number of amides is 1. The Labute approximate surface area is 155 Å². The fourth-order valence-corrected chi connectivity index (χ4v) is 3.06. The van der Waals surface area contributed by atoms with E-state index in [2.05, 4.69) is 10.3 Å². The number of hydrogen-bond acceptors (Lipinski definition) is 6. The molecule has 0 saturated heterocycles. The molecule has 0 aliphatic rings. The number of carbonyl (C=O) groups excluding carboxylic acids is 1. The Balaban J connectivity index is 1.61. The van der Waals surface area contributed by atoms with Crippen molar-refractivity contribution < 1.29 is 22.9 Å². The largest absolute Gasteiger partial charge is 0.431 e. The third-order valence-corrected chi connectivity index (χ3v) is 4.52. The number of fused-ring (bicyclic) bond motifs is 1. The first-order valence-corrected chi connectivity index (χ1v) is 8.74. The van der Waals surface area contributed by atoms with Crippen LogP contribution < -0.4 is 5.32 Å². The normalized spacial score (nSPS) is 12.1. The summed E-state index contributed by atoms with van der Waals surface area (Å²) in [5, 5.41) is 13.6. The third kappa shape index (κ3) is 4.40. The number of halogens is 2. The van der Waals surface area contributed by atoms with E-state index < -0.39 is 28.5 Å². The number of aromatic nitrogens is 1. The number of rotatable bonds is 6. The van der Waals surface area contributed by atoms with Crippen LogP contribution in [0.25, 0.3) is 11.1 Å². The summed E-state index contributed by atoms with van der Waals surface area (Å²) in [5.41, 5.74) is 0.739. The van der Waals surface area contributed by atoms with E-state index in [9.17, 15) is 23.7 Å². The number of nitro groups is 1. The lowest BCUT2D eigenvalue weighted by molar-refractivity contribution is -0.384. The van der Waals surface area contributed by atoms with E-state index in [1.165, 1.54) is 24.3 Å². The van der Waals surface area contributed by atoms with Crippen LogP contribution in [0.4, 0.5) is 14.5 Å². The van der Waals surface area contributed by atoms with Crippen molar-refractivity contribution in [3.8, 4) is 0 Å². The summed E-state index contributed by atoms with van der Waals surface area (Å²) in [7, 11) is 0. The second kappa shape index (κ2) is 7.70. The summed E-state index contributed by atoms with van der Waals surface area (Å²) in [6, 6.07) is 6.51. The minimum absolute atomic E-state index is 0.0535. The van der Waals surface area contributed by atoms with Gasteiger partial charge in [-0.05, 0) is 19.1 Å². The molecule has 140 valence electrons. The van der Waals surface area contributed by atoms with Crippen molar-refractivity contribution in [3.05, 3.63) is 63.7 Å². The Morgan fingerprint density at radius 3 is 2.81 bits per heavy atom. The summed E-state index contributed by atoms with van der Waals surface area (Å²) in [6.07, 6.45) is 0. The van der Waals surface area contributed by atoms with E-state index in [0.29, 0.717) is 11.1 Å². The number of non-ortho nitro benzene ring substituents is 1. The molecule has 1 N–H and O–H groups in total. The maximum absolute atomic E-state index is 13.7. The molecule has 1 aromatic heterocycles. The first kappa shape index (κ1) is 18.8. The van der Waals surface area contributed by atoms with E-state index in [-0.39, 0.29) is 22.2 Å². The van der Waals surface area contributed by atoms with Gasteiger partial charge in [0.15, 0.2) is 5.58 Å². The average Bonchev–Trinajstić information content (AvgIpc) is 3.01. The number of benzene rings is 2. The second-order valence-corrected chi connectivity index (χ2v) is 6.56. The molecule has 0 unspecified atom stereocenters. The Bertz CT molecular complexity index is 1020. The number of oxazole rings is 1. The number of hydrogen-bond donors (Lipinski definition) is 1. The van der Waals surface area contributed by atoms with Gasteiger partial charge in [-0.25, -0.2) is 13.8 Å². The molecule has 0 fully saturated rings. The summed E-state index contributed by atoms with van der Waals surface area (Å²) < 4.78 is 32.1. The number of nitro benzene ring substituents is 1. The van der Waals surface area contributed by atoms with Gasteiger partial charge in [-0.2, -0.15) is 0 Å². The van der Waals surface area contributed by atoms with Gasteiger partial charge >= 0.3 is 0 Å². The fourth-order valence-electron chi connectivity index (χ4n) is 2.41. The molecule has 2 aromatic carbocycles. The van der Waals surface area contributed by atoms with Crippen LogP contribution in [-0.2, 0) is 4.79 Å². The van der Waals surface area contributed by atoms with Crippen LogP contribution in [0.5, 0.6) is 0 Å². The molecule has 0 aliphatic heterocycles. The van der Waals surface area contributed by atoms with E-state index >= 15 is 0 Å². The van der Waals surface area contributed by atoms with Crippen molar-refractivity contribution in [2.75, 3.05) is 5.75 Å². The highest BCUT2D eigenvalue weighted by Crippen LogP contribution is 2.26. The Morgan fingerprint density at radius 2 is 2.11 bits per heavy atom. The zero-order valence-corrected chi connectivity index (χ0v) is 14.8. The summed E-state index contributed by atoms with van der Waals surface area (Å²) in [6.45, 7) is 1.58. The van der Waals surface area contributed by atoms with Crippen molar-refractivity contribution in [2.24, 2.45) is 0 Å². The molecule has 3 rings (SSSR count). The smallest absolute Gasteiger partial charge is 0.271 e. The Morgan fingerprint density at radius 1 is 1.33 bits per heavy atom. The molecular formula is C17H13F2N3O4S. The van der Waals surface area contributed by atoms with Crippen LogP contribution in [0, 0.1) is 21.7 Å². The van der Waals surface area contributed by atoms with Crippen LogP contribution in [0.2, 0.25) is 0 Å². The van der Waals surface area contributed by atoms with Gasteiger partial charge in [0.25, 0.3) is 10.9 Å². The number of nitrogens with one attached hydrogen (secondary N) is 1. The van der Waals surface area contributed by atoms with Gasteiger partial charge in [-0.1, -0.05) is 17.8 Å². The first-order valence-electron chi connectivity index (χ1n) is 7.75. The fraction of sp³-hybridized carbons (Fsp3) is 0.176. The molecule has 27 heavy (non-hydrogen) atoms. The quantitative estimate of drug-likeness (QED) is 0.386. The topological polar surface area (TPSA) is 98.3 Å². The molecule has 7 nitrogen and oxygen atoms in total. The zero-order valence-electron chi connectivity index (χ0n) is 13.9. The summed E-state index contributed by atoms with van der Waals surface area (Å²) in [5.74, 6) is -1.88. The molecule has 10 heteroatoms. The van der Waals surface area contributed by atoms with Crippen molar-refractivity contribution in [1.82, 2.24) is 10.3 Å². The maximum atomic E-state index is 13.7. The molecular weight excluding hydrogens is 380 g/mol. The van der Waals surface area contributed by atoms with E-state index in [4.69, 9.17) is 4.42 Å². The van der Waals surface area contributed by atoms with Gasteiger partial charge in [-0.15, -0.1) is 0 Å². The molecule has 0 saturated carbocycles. The standard InChI is InChI=1S/C17H13F2N3O4S/c1-9(12-4-2-10(18)6-13(12)19)20-16(23)8-27-17-21-14-7-11(22(24)25)3-5-15(14)26-17/h2-7,9H,8H2,1H3,(H,20,23)/t9-/m0/s1. The second-order valence-electron chi connectivity index (χ2n) is 5.63. The molecule has 0 bridgehead atoms. The lowest BCUT2D eigenvalue weighted by Gasteiger charge is -2.14. The highest BCUT2D eigenvalue weighted by Gasteiger charge is 2.16. The SMILES string of the molecule is C[C@H](NC(=O)CSc1nc2cc([N+](=O)[O-])ccc2o1)c1ccc(F)cc1F. The van der Waals surface area contributed by atoms with Crippen molar-refractivity contribution in [1.29, 1.82) is 0 Å². The van der Waals surface area contributed by atoms with Gasteiger partial charge in [-0.3, -0.25) is 14.9 Å². The Kier molecular flexibility index (Phi) is 5.36. The third-order valence-electron chi connectivity index (χ3n) is 3.70. The minimum Gasteiger partial charge on any atom is -0.431 e. The van der Waals surface area contributed by atoms with Crippen molar-refractivity contribution in [3.63, 3.8) is 0 Å². The van der Waals surface area contributed by atoms with Crippen LogP contribution in [0.15, 0.2) is 46.0 Å². The van der Waals surface area contributed by atoms with E-state index in [1.807, 2.05) is 0 Å². The summed E-state index contributed by atoms with van der Waals surface area (Å²) >= 11 is 0.999. The van der Waals surface area contributed by atoms with E-state index in [0.717, 1.165) is 23.9 Å². The highest BCUT2D eigenvalue weighted by atomic mass is 32.2. The van der Waals surface area contributed by atoms with Crippen LogP contribution in [0.3, 0.4) is 0 Å². The van der Waals surface area contributed by atoms with Crippen LogP contribution in [-0.4, -0.2) is 21.6 Å². The highest BCUT2D eigenvalue weighted by molar-refractivity contribution is 7.99. The van der Waals surface area contributed by atoms with Crippen molar-refractivity contribution >= 4 is 34.5 Å². The monoisotopic (exact) mass is 393 g/mol.